The maximum Gasteiger partial charge on any atom is 0.223 e. The molecule has 0 bridgehead atoms. The van der Waals surface area contributed by atoms with E-state index in [4.69, 9.17) is 11.6 Å². The topological polar surface area (TPSA) is 66.4 Å². The van der Waals surface area contributed by atoms with Gasteiger partial charge in [0.05, 0.1) is 5.56 Å². The molecule has 2 aliphatic rings. The fourth-order valence-electron chi connectivity index (χ4n) is 2.93. The van der Waals surface area contributed by atoms with E-state index in [9.17, 15) is 9.59 Å². The van der Waals surface area contributed by atoms with Gasteiger partial charge in [-0.25, -0.2) is 9.97 Å². The Morgan fingerprint density at radius 1 is 1.35 bits per heavy atom. The lowest BCUT2D eigenvalue weighted by molar-refractivity contribution is -0.129. The molecule has 2 saturated heterocycles. The zero-order chi connectivity index (χ0) is 14.3. The molecule has 7 heteroatoms. The number of halogens is 1. The molecule has 0 saturated carbocycles. The molecule has 0 radical (unpaired) electrons. The second kappa shape index (κ2) is 5.01. The van der Waals surface area contributed by atoms with Crippen molar-refractivity contribution in [3.8, 4) is 0 Å². The predicted octanol–water partition coefficient (Wildman–Crippen LogP) is 1.06. The normalized spacial score (nSPS) is 22.1. The van der Waals surface area contributed by atoms with Crippen LogP contribution in [0.25, 0.3) is 0 Å². The molecular weight excluding hydrogens is 280 g/mol. The monoisotopic (exact) mass is 294 g/mol. The van der Waals surface area contributed by atoms with E-state index in [2.05, 4.69) is 9.97 Å². The van der Waals surface area contributed by atoms with Crippen molar-refractivity contribution in [3.63, 3.8) is 0 Å². The lowest BCUT2D eigenvalue weighted by Gasteiger charge is -2.38. The minimum absolute atomic E-state index is 0.187. The van der Waals surface area contributed by atoms with Crippen LogP contribution in [0.2, 0.25) is 5.15 Å². The van der Waals surface area contributed by atoms with E-state index < -0.39 is 0 Å². The number of hydrogen-bond donors (Lipinski definition) is 0. The summed E-state index contributed by atoms with van der Waals surface area (Å²) < 4.78 is 0. The number of aldehydes is 1. The number of amides is 1. The third-order valence-electron chi connectivity index (χ3n) is 3.90. The number of aryl methyl sites for hydroxylation is 1. The van der Waals surface area contributed by atoms with Gasteiger partial charge in [-0.05, 0) is 13.3 Å². The Bertz CT molecular complexity index is 578. The highest BCUT2D eigenvalue weighted by molar-refractivity contribution is 6.32. The Labute approximate surface area is 121 Å². The Balaban J connectivity index is 1.91. The number of carbonyl (C=O) groups is 2. The van der Waals surface area contributed by atoms with Crippen molar-refractivity contribution in [1.82, 2.24) is 14.9 Å². The summed E-state index contributed by atoms with van der Waals surface area (Å²) in [5, 5.41) is 0.187. The third-order valence-corrected chi connectivity index (χ3v) is 4.19. The minimum atomic E-state index is 0.187. The molecule has 0 aromatic carbocycles. The smallest absolute Gasteiger partial charge is 0.223 e. The standard InChI is InChI=1S/C13H15ClN4O2/c1-8-15-12(14)10(7-19)13(16-8)17-4-5-18-9(6-17)2-3-11(18)20/h7,9H,2-6H2,1H3. The van der Waals surface area contributed by atoms with Gasteiger partial charge in [-0.3, -0.25) is 9.59 Å². The zero-order valence-corrected chi connectivity index (χ0v) is 11.9. The molecule has 2 fully saturated rings. The maximum atomic E-state index is 11.7. The Morgan fingerprint density at radius 2 is 2.15 bits per heavy atom. The number of hydrogen-bond acceptors (Lipinski definition) is 5. The van der Waals surface area contributed by atoms with E-state index in [1.165, 1.54) is 0 Å². The van der Waals surface area contributed by atoms with Gasteiger partial charge in [-0.15, -0.1) is 0 Å². The lowest BCUT2D eigenvalue weighted by atomic mass is 10.1. The fraction of sp³-hybridized carbons (Fsp3) is 0.538. The summed E-state index contributed by atoms with van der Waals surface area (Å²) >= 11 is 6.01. The molecule has 0 spiro atoms. The minimum Gasteiger partial charge on any atom is -0.352 e. The molecular formula is C13H15ClN4O2. The highest BCUT2D eigenvalue weighted by atomic mass is 35.5. The second-order valence-corrected chi connectivity index (χ2v) is 5.50. The van der Waals surface area contributed by atoms with Crippen LogP contribution in [0.1, 0.15) is 29.0 Å². The van der Waals surface area contributed by atoms with Gasteiger partial charge in [0.15, 0.2) is 6.29 Å². The van der Waals surface area contributed by atoms with Gasteiger partial charge in [0.25, 0.3) is 0 Å². The molecule has 0 N–H and O–H groups in total. The number of piperazine rings is 1. The third kappa shape index (κ3) is 2.14. The van der Waals surface area contributed by atoms with Crippen LogP contribution in [-0.4, -0.2) is 52.7 Å². The van der Waals surface area contributed by atoms with E-state index in [-0.39, 0.29) is 17.1 Å². The Kier molecular flexibility index (Phi) is 3.33. The molecule has 1 amide bonds. The van der Waals surface area contributed by atoms with Crippen molar-refractivity contribution in [2.24, 2.45) is 0 Å². The first-order valence-electron chi connectivity index (χ1n) is 6.64. The second-order valence-electron chi connectivity index (χ2n) is 5.14. The highest BCUT2D eigenvalue weighted by Gasteiger charge is 2.36. The molecule has 1 aromatic heterocycles. The van der Waals surface area contributed by atoms with Crippen LogP contribution in [0.4, 0.5) is 5.82 Å². The molecule has 106 valence electrons. The first kappa shape index (κ1) is 13.3. The average molecular weight is 295 g/mol. The number of nitrogens with zero attached hydrogens (tertiary/aromatic N) is 4. The van der Waals surface area contributed by atoms with E-state index in [1.54, 1.807) is 6.92 Å². The number of rotatable bonds is 2. The summed E-state index contributed by atoms with van der Waals surface area (Å²) in [6.07, 6.45) is 2.18. The van der Waals surface area contributed by atoms with Crippen LogP contribution in [0.15, 0.2) is 0 Å². The van der Waals surface area contributed by atoms with Gasteiger partial charge < -0.3 is 9.80 Å². The van der Waals surface area contributed by atoms with Crippen LogP contribution < -0.4 is 4.90 Å². The van der Waals surface area contributed by atoms with Gasteiger partial charge in [0, 0.05) is 32.1 Å². The Hall–Kier alpha value is -1.69. The molecule has 6 nitrogen and oxygen atoms in total. The number of anilines is 1. The van der Waals surface area contributed by atoms with E-state index in [1.807, 2.05) is 9.80 Å². The highest BCUT2D eigenvalue weighted by Crippen LogP contribution is 2.28. The van der Waals surface area contributed by atoms with Gasteiger partial charge in [-0.1, -0.05) is 11.6 Å². The summed E-state index contributed by atoms with van der Waals surface area (Å²) in [6, 6.07) is 0.213. The quantitative estimate of drug-likeness (QED) is 0.603. The predicted molar refractivity (Wildman–Crippen MR) is 74.1 cm³/mol. The summed E-state index contributed by atoms with van der Waals surface area (Å²) in [6.45, 7) is 3.77. The maximum absolute atomic E-state index is 11.7. The van der Waals surface area contributed by atoms with Crippen LogP contribution in [0.5, 0.6) is 0 Å². The molecule has 1 atom stereocenters. The molecule has 3 heterocycles. The molecule has 1 aromatic rings. The van der Waals surface area contributed by atoms with E-state index in [0.717, 1.165) is 6.42 Å². The summed E-state index contributed by atoms with van der Waals surface area (Å²) in [4.78, 5) is 35.2. The summed E-state index contributed by atoms with van der Waals surface area (Å²) in [5.41, 5.74) is 0.329. The van der Waals surface area contributed by atoms with Crippen molar-refractivity contribution < 1.29 is 9.59 Å². The van der Waals surface area contributed by atoms with Crippen LogP contribution in [0, 0.1) is 6.92 Å². The van der Waals surface area contributed by atoms with Crippen molar-refractivity contribution in [2.75, 3.05) is 24.5 Å². The molecule has 2 aliphatic heterocycles. The first-order chi connectivity index (χ1) is 9.60. The van der Waals surface area contributed by atoms with Crippen LogP contribution >= 0.6 is 11.6 Å². The SMILES string of the molecule is Cc1nc(Cl)c(C=O)c(N2CCN3C(=O)CCC3C2)n1. The van der Waals surface area contributed by atoms with E-state index >= 15 is 0 Å². The first-order valence-corrected chi connectivity index (χ1v) is 7.01. The average Bonchev–Trinajstić information content (AvgIpc) is 2.79. The molecule has 0 aliphatic carbocycles. The molecule has 1 unspecified atom stereocenters. The fourth-order valence-corrected chi connectivity index (χ4v) is 3.18. The Morgan fingerprint density at radius 3 is 2.90 bits per heavy atom. The molecule has 3 rings (SSSR count). The van der Waals surface area contributed by atoms with Gasteiger partial charge in [0.1, 0.15) is 16.8 Å². The number of carbonyl (C=O) groups excluding carboxylic acids is 2. The van der Waals surface area contributed by atoms with Gasteiger partial charge in [0.2, 0.25) is 5.91 Å². The van der Waals surface area contributed by atoms with Crippen molar-refractivity contribution in [1.29, 1.82) is 0 Å². The van der Waals surface area contributed by atoms with Gasteiger partial charge >= 0.3 is 0 Å². The van der Waals surface area contributed by atoms with Crippen molar-refractivity contribution >= 4 is 29.6 Å². The van der Waals surface area contributed by atoms with Crippen molar-refractivity contribution in [2.45, 2.75) is 25.8 Å². The van der Waals surface area contributed by atoms with Crippen molar-refractivity contribution in [3.05, 3.63) is 16.5 Å². The van der Waals surface area contributed by atoms with Crippen LogP contribution in [0.3, 0.4) is 0 Å². The summed E-state index contributed by atoms with van der Waals surface area (Å²) in [7, 11) is 0. The van der Waals surface area contributed by atoms with Crippen LogP contribution in [-0.2, 0) is 4.79 Å². The van der Waals surface area contributed by atoms with E-state index in [0.29, 0.717) is 49.5 Å². The number of fused-ring (bicyclic) bond motifs is 1. The summed E-state index contributed by atoms with van der Waals surface area (Å²) in [5.74, 6) is 1.35. The lowest BCUT2D eigenvalue weighted by Crippen LogP contribution is -2.52. The largest absolute Gasteiger partial charge is 0.352 e. The number of aromatic nitrogens is 2. The molecule has 20 heavy (non-hydrogen) atoms. The zero-order valence-electron chi connectivity index (χ0n) is 11.2. The van der Waals surface area contributed by atoms with Gasteiger partial charge in [-0.2, -0.15) is 0 Å².